The zero-order valence-corrected chi connectivity index (χ0v) is 18.6. The van der Waals surface area contributed by atoms with Crippen LogP contribution in [0.1, 0.15) is 19.8 Å². The van der Waals surface area contributed by atoms with Crippen LogP contribution in [0.2, 0.25) is 0 Å². The lowest BCUT2D eigenvalue weighted by Crippen LogP contribution is -2.50. The summed E-state index contributed by atoms with van der Waals surface area (Å²) in [6, 6.07) is 4.96. The number of benzene rings is 1. The Morgan fingerprint density at radius 3 is 2.66 bits per heavy atom. The third kappa shape index (κ3) is 4.99. The molecule has 4 rings (SSSR count). The van der Waals surface area contributed by atoms with Gasteiger partial charge in [-0.2, -0.15) is 0 Å². The van der Waals surface area contributed by atoms with E-state index in [9.17, 15) is 19.2 Å². The summed E-state index contributed by atoms with van der Waals surface area (Å²) in [5, 5.41) is 5.47. The number of thioether (sulfide) groups is 1. The summed E-state index contributed by atoms with van der Waals surface area (Å²) in [6.45, 7) is 3.69. The second kappa shape index (κ2) is 9.78. The predicted molar refractivity (Wildman–Crippen MR) is 118 cm³/mol. The number of imide groups is 1. The smallest absolute Gasteiger partial charge is 0.288 e. The highest BCUT2D eigenvalue weighted by Crippen LogP contribution is 2.34. The van der Waals surface area contributed by atoms with Crippen LogP contribution in [0.15, 0.2) is 18.2 Å². The molecule has 11 heteroatoms. The van der Waals surface area contributed by atoms with Crippen molar-refractivity contribution in [3.63, 3.8) is 0 Å². The van der Waals surface area contributed by atoms with Gasteiger partial charge in [-0.05, 0) is 45.0 Å². The van der Waals surface area contributed by atoms with Crippen LogP contribution in [-0.4, -0.2) is 77.5 Å². The van der Waals surface area contributed by atoms with Crippen LogP contribution in [0.3, 0.4) is 0 Å². The van der Waals surface area contributed by atoms with Crippen LogP contribution in [0.5, 0.6) is 11.5 Å². The Morgan fingerprint density at radius 1 is 1.19 bits per heavy atom. The number of carbonyl (C=O) groups is 4. The molecule has 0 aromatic heterocycles. The first kappa shape index (κ1) is 22.4. The van der Waals surface area contributed by atoms with Gasteiger partial charge in [0.1, 0.15) is 0 Å². The topological polar surface area (TPSA) is 117 Å². The van der Waals surface area contributed by atoms with Gasteiger partial charge in [-0.15, -0.1) is 0 Å². The highest BCUT2D eigenvalue weighted by atomic mass is 32.2. The standard InChI is InChI=1S/C21H26N4O6S/c1-13(19(27)22-6-9-25-18(26)11-32-21(25)29)24-7-4-14(5-8-24)20(28)23-15-2-3-16-17(10-15)31-12-30-16/h2-3,10,13-14H,4-9,11-12H2,1H3,(H,22,27)(H,23,28). The van der Waals surface area contributed by atoms with Crippen molar-refractivity contribution in [3.05, 3.63) is 18.2 Å². The van der Waals surface area contributed by atoms with Gasteiger partial charge in [0.15, 0.2) is 11.5 Å². The zero-order chi connectivity index (χ0) is 22.7. The van der Waals surface area contributed by atoms with E-state index >= 15 is 0 Å². The summed E-state index contributed by atoms with van der Waals surface area (Å²) in [4.78, 5) is 51.6. The van der Waals surface area contributed by atoms with Crippen LogP contribution in [-0.2, 0) is 14.4 Å². The lowest BCUT2D eigenvalue weighted by atomic mass is 9.94. The van der Waals surface area contributed by atoms with E-state index in [0.29, 0.717) is 43.1 Å². The summed E-state index contributed by atoms with van der Waals surface area (Å²) >= 11 is 0.981. The molecule has 3 aliphatic heterocycles. The Balaban J connectivity index is 1.19. The van der Waals surface area contributed by atoms with E-state index in [0.717, 1.165) is 11.8 Å². The van der Waals surface area contributed by atoms with Crippen molar-refractivity contribution < 1.29 is 28.7 Å². The van der Waals surface area contributed by atoms with Crippen LogP contribution in [0.25, 0.3) is 0 Å². The molecule has 10 nitrogen and oxygen atoms in total. The molecule has 2 saturated heterocycles. The fourth-order valence-electron chi connectivity index (χ4n) is 3.97. The monoisotopic (exact) mass is 462 g/mol. The largest absolute Gasteiger partial charge is 0.454 e. The van der Waals surface area contributed by atoms with Crippen molar-refractivity contribution in [2.75, 3.05) is 44.0 Å². The second-order valence-corrected chi connectivity index (χ2v) is 8.86. The quantitative estimate of drug-likeness (QED) is 0.622. The number of anilines is 1. The van der Waals surface area contributed by atoms with Gasteiger partial charge in [-0.1, -0.05) is 11.8 Å². The number of amides is 4. The van der Waals surface area contributed by atoms with E-state index < -0.39 is 0 Å². The Kier molecular flexibility index (Phi) is 6.85. The molecule has 2 N–H and O–H groups in total. The summed E-state index contributed by atoms with van der Waals surface area (Å²) in [7, 11) is 0. The molecule has 1 aromatic carbocycles. The van der Waals surface area contributed by atoms with E-state index in [1.165, 1.54) is 4.90 Å². The lowest BCUT2D eigenvalue weighted by molar-refractivity contribution is -0.128. The second-order valence-electron chi connectivity index (χ2n) is 7.93. The third-order valence-corrected chi connectivity index (χ3v) is 6.80. The van der Waals surface area contributed by atoms with Crippen molar-refractivity contribution in [2.45, 2.75) is 25.8 Å². The molecule has 4 amide bonds. The number of hydrogen-bond acceptors (Lipinski definition) is 8. The molecule has 1 unspecified atom stereocenters. The molecule has 32 heavy (non-hydrogen) atoms. The minimum atomic E-state index is -0.354. The van der Waals surface area contributed by atoms with Crippen molar-refractivity contribution in [2.24, 2.45) is 5.92 Å². The number of piperidine rings is 1. The molecule has 3 aliphatic rings. The number of rotatable bonds is 7. The van der Waals surface area contributed by atoms with E-state index in [2.05, 4.69) is 10.6 Å². The van der Waals surface area contributed by atoms with Gasteiger partial charge in [0.05, 0.1) is 11.8 Å². The normalized spacial score (nSPS) is 19.8. The Labute approximate surface area is 190 Å². The van der Waals surface area contributed by atoms with E-state index in [4.69, 9.17) is 9.47 Å². The molecule has 172 valence electrons. The Morgan fingerprint density at radius 2 is 1.94 bits per heavy atom. The SMILES string of the molecule is CC(C(=O)NCCN1C(=O)CSC1=O)N1CCC(C(=O)Nc2ccc3c(c2)OCO3)CC1. The fourth-order valence-corrected chi connectivity index (χ4v) is 4.72. The van der Waals surface area contributed by atoms with Gasteiger partial charge < -0.3 is 20.1 Å². The molecule has 2 fully saturated rings. The number of nitrogens with zero attached hydrogens (tertiary/aromatic N) is 2. The third-order valence-electron chi connectivity index (χ3n) is 5.94. The molecule has 0 spiro atoms. The van der Waals surface area contributed by atoms with Crippen molar-refractivity contribution in [1.29, 1.82) is 0 Å². The van der Waals surface area contributed by atoms with Gasteiger partial charge in [0.2, 0.25) is 24.5 Å². The molecule has 1 aromatic rings. The highest BCUT2D eigenvalue weighted by molar-refractivity contribution is 8.14. The maximum atomic E-state index is 12.7. The molecule has 0 saturated carbocycles. The van der Waals surface area contributed by atoms with E-state index in [1.54, 1.807) is 18.2 Å². The van der Waals surface area contributed by atoms with E-state index in [1.807, 2.05) is 11.8 Å². The first-order chi connectivity index (χ1) is 15.4. The van der Waals surface area contributed by atoms with E-state index in [-0.39, 0.29) is 60.6 Å². The van der Waals surface area contributed by atoms with Gasteiger partial charge in [0.25, 0.3) is 5.24 Å². The van der Waals surface area contributed by atoms with Gasteiger partial charge in [-0.25, -0.2) is 0 Å². The van der Waals surface area contributed by atoms with Crippen LogP contribution in [0.4, 0.5) is 10.5 Å². The first-order valence-electron chi connectivity index (χ1n) is 10.6. The van der Waals surface area contributed by atoms with Crippen molar-refractivity contribution in [3.8, 4) is 11.5 Å². The number of likely N-dealkylation sites (tertiary alicyclic amines) is 1. The predicted octanol–water partition coefficient (Wildman–Crippen LogP) is 1.27. The molecule has 0 aliphatic carbocycles. The zero-order valence-electron chi connectivity index (χ0n) is 17.8. The average Bonchev–Trinajstić information content (AvgIpc) is 3.39. The van der Waals surface area contributed by atoms with Crippen LogP contribution in [0, 0.1) is 5.92 Å². The average molecular weight is 463 g/mol. The molecule has 0 bridgehead atoms. The highest BCUT2D eigenvalue weighted by Gasteiger charge is 2.31. The van der Waals surface area contributed by atoms with Gasteiger partial charge in [-0.3, -0.25) is 29.0 Å². The number of ether oxygens (including phenoxy) is 2. The maximum absolute atomic E-state index is 12.7. The molecular formula is C21H26N4O6S. The maximum Gasteiger partial charge on any atom is 0.288 e. The molecule has 1 atom stereocenters. The minimum Gasteiger partial charge on any atom is -0.454 e. The van der Waals surface area contributed by atoms with Crippen LogP contribution < -0.4 is 20.1 Å². The fraction of sp³-hybridized carbons (Fsp3) is 0.524. The number of nitrogens with one attached hydrogen (secondary N) is 2. The number of hydrogen-bond donors (Lipinski definition) is 2. The Hall–Kier alpha value is -2.79. The minimum absolute atomic E-state index is 0.0431. The lowest BCUT2D eigenvalue weighted by Gasteiger charge is -2.34. The summed E-state index contributed by atoms with van der Waals surface area (Å²) in [5.74, 6) is 0.912. The Bertz CT molecular complexity index is 902. The first-order valence-corrected chi connectivity index (χ1v) is 11.6. The van der Waals surface area contributed by atoms with Crippen molar-refractivity contribution in [1.82, 2.24) is 15.1 Å². The van der Waals surface area contributed by atoms with Crippen molar-refractivity contribution >= 4 is 40.4 Å². The summed E-state index contributed by atoms with van der Waals surface area (Å²) in [5.41, 5.74) is 0.669. The molecular weight excluding hydrogens is 436 g/mol. The van der Waals surface area contributed by atoms with Crippen LogP contribution >= 0.6 is 11.8 Å². The van der Waals surface area contributed by atoms with Gasteiger partial charge >= 0.3 is 0 Å². The summed E-state index contributed by atoms with van der Waals surface area (Å²) in [6.07, 6.45) is 1.31. The number of fused-ring (bicyclic) bond motifs is 1. The number of carbonyl (C=O) groups excluding carboxylic acids is 4. The molecule has 0 radical (unpaired) electrons. The summed E-state index contributed by atoms with van der Waals surface area (Å²) < 4.78 is 10.6. The molecule has 3 heterocycles. The van der Waals surface area contributed by atoms with Gasteiger partial charge in [0, 0.05) is 30.8 Å².